The van der Waals surface area contributed by atoms with Crippen LogP contribution in [0.3, 0.4) is 0 Å². The molecule has 0 aliphatic heterocycles. The fourth-order valence-electron chi connectivity index (χ4n) is 1.36. The molecule has 0 spiro atoms. The molecular formula is C10H9FN2. The Morgan fingerprint density at radius 3 is 2.46 bits per heavy atom. The van der Waals surface area contributed by atoms with Gasteiger partial charge in [0, 0.05) is 5.39 Å². The van der Waals surface area contributed by atoms with E-state index < -0.39 is 5.82 Å². The van der Waals surface area contributed by atoms with E-state index in [0.717, 1.165) is 10.8 Å². The first-order chi connectivity index (χ1) is 6.20. The summed E-state index contributed by atoms with van der Waals surface area (Å²) in [6.45, 7) is 0. The predicted octanol–water partition coefficient (Wildman–Crippen LogP) is 2.14. The van der Waals surface area contributed by atoms with Crippen LogP contribution >= 0.6 is 0 Å². The van der Waals surface area contributed by atoms with Gasteiger partial charge in [0.2, 0.25) is 0 Å². The summed E-state index contributed by atoms with van der Waals surface area (Å²) in [5, 5.41) is 1.56. The SMILES string of the molecule is Nc1c(F)cc2ccccc2c1N. The van der Waals surface area contributed by atoms with Crippen LogP contribution in [0.2, 0.25) is 0 Å². The molecule has 3 heteroatoms. The molecule has 0 saturated heterocycles. The molecule has 2 nitrogen and oxygen atoms in total. The Labute approximate surface area is 75.0 Å². The highest BCUT2D eigenvalue weighted by atomic mass is 19.1. The Morgan fingerprint density at radius 1 is 1.00 bits per heavy atom. The summed E-state index contributed by atoms with van der Waals surface area (Å²) in [5.74, 6) is -0.462. The van der Waals surface area contributed by atoms with E-state index in [1.54, 1.807) is 6.07 Å². The molecule has 0 unspecified atom stereocenters. The monoisotopic (exact) mass is 176 g/mol. The van der Waals surface area contributed by atoms with Gasteiger partial charge in [0.05, 0.1) is 11.4 Å². The second-order valence-electron chi connectivity index (χ2n) is 2.91. The first-order valence-electron chi connectivity index (χ1n) is 3.92. The van der Waals surface area contributed by atoms with E-state index >= 15 is 0 Å². The fraction of sp³-hybridized carbons (Fsp3) is 0. The fourth-order valence-corrected chi connectivity index (χ4v) is 1.36. The number of nitrogens with two attached hydrogens (primary N) is 2. The zero-order valence-corrected chi connectivity index (χ0v) is 6.92. The number of hydrogen-bond donors (Lipinski definition) is 2. The number of benzene rings is 2. The minimum Gasteiger partial charge on any atom is -0.396 e. The third-order valence-electron chi connectivity index (χ3n) is 2.08. The number of hydrogen-bond acceptors (Lipinski definition) is 2. The molecule has 2 aromatic carbocycles. The van der Waals surface area contributed by atoms with Gasteiger partial charge in [0.25, 0.3) is 0 Å². The van der Waals surface area contributed by atoms with Gasteiger partial charge in [-0.3, -0.25) is 0 Å². The molecule has 0 radical (unpaired) electrons. The Balaban J connectivity index is 2.94. The Kier molecular flexibility index (Phi) is 1.59. The predicted molar refractivity (Wildman–Crippen MR) is 52.7 cm³/mol. The van der Waals surface area contributed by atoms with Gasteiger partial charge in [0.15, 0.2) is 0 Å². The van der Waals surface area contributed by atoms with E-state index in [1.807, 2.05) is 18.2 Å². The van der Waals surface area contributed by atoms with E-state index in [4.69, 9.17) is 11.5 Å². The highest BCUT2D eigenvalue weighted by Gasteiger charge is 2.06. The summed E-state index contributed by atoms with van der Waals surface area (Å²) in [7, 11) is 0. The van der Waals surface area contributed by atoms with Gasteiger partial charge in [-0.1, -0.05) is 24.3 Å². The molecule has 0 aliphatic rings. The first-order valence-corrected chi connectivity index (χ1v) is 3.92. The van der Waals surface area contributed by atoms with Crippen molar-refractivity contribution in [3.8, 4) is 0 Å². The maximum atomic E-state index is 13.1. The molecule has 0 saturated carbocycles. The molecule has 0 amide bonds. The molecule has 0 heterocycles. The van der Waals surface area contributed by atoms with Crippen LogP contribution in [0.15, 0.2) is 30.3 Å². The lowest BCUT2D eigenvalue weighted by atomic mass is 10.1. The number of nitrogen functional groups attached to an aromatic ring is 2. The zero-order valence-electron chi connectivity index (χ0n) is 6.92. The average molecular weight is 176 g/mol. The van der Waals surface area contributed by atoms with Crippen molar-refractivity contribution in [2.75, 3.05) is 11.5 Å². The van der Waals surface area contributed by atoms with Gasteiger partial charge in [-0.05, 0) is 11.5 Å². The topological polar surface area (TPSA) is 52.0 Å². The second-order valence-corrected chi connectivity index (χ2v) is 2.91. The number of rotatable bonds is 0. The summed E-state index contributed by atoms with van der Waals surface area (Å²) in [6.07, 6.45) is 0. The highest BCUT2D eigenvalue weighted by molar-refractivity contribution is 5.98. The van der Waals surface area contributed by atoms with Crippen molar-refractivity contribution >= 4 is 22.1 Å². The lowest BCUT2D eigenvalue weighted by Gasteiger charge is -2.05. The third-order valence-corrected chi connectivity index (χ3v) is 2.08. The maximum absolute atomic E-state index is 13.1. The summed E-state index contributed by atoms with van der Waals surface area (Å²) in [6, 6.07) is 8.68. The van der Waals surface area contributed by atoms with Crippen molar-refractivity contribution < 1.29 is 4.39 Å². The third kappa shape index (κ3) is 1.09. The van der Waals surface area contributed by atoms with Crippen LogP contribution in [-0.2, 0) is 0 Å². The summed E-state index contributed by atoms with van der Waals surface area (Å²) >= 11 is 0. The standard InChI is InChI=1S/C10H9FN2/c11-8-5-6-3-1-2-4-7(6)9(12)10(8)13/h1-5H,12-13H2. The zero-order chi connectivity index (χ0) is 9.42. The molecule has 0 atom stereocenters. The molecule has 2 aromatic rings. The van der Waals surface area contributed by atoms with Crippen molar-refractivity contribution in [1.82, 2.24) is 0 Å². The lowest BCUT2D eigenvalue weighted by molar-refractivity contribution is 0.635. The van der Waals surface area contributed by atoms with Gasteiger partial charge in [-0.25, -0.2) is 4.39 Å². The minimum atomic E-state index is -0.462. The Hall–Kier alpha value is -1.77. The van der Waals surface area contributed by atoms with Crippen LogP contribution in [0.4, 0.5) is 15.8 Å². The van der Waals surface area contributed by atoms with Crippen LogP contribution in [-0.4, -0.2) is 0 Å². The minimum absolute atomic E-state index is 0.0266. The molecule has 0 bridgehead atoms. The quantitative estimate of drug-likeness (QED) is 0.604. The van der Waals surface area contributed by atoms with Crippen molar-refractivity contribution in [3.05, 3.63) is 36.1 Å². The summed E-state index contributed by atoms with van der Waals surface area (Å²) < 4.78 is 13.1. The van der Waals surface area contributed by atoms with Crippen LogP contribution in [0, 0.1) is 5.82 Å². The van der Waals surface area contributed by atoms with Crippen LogP contribution in [0.25, 0.3) is 10.8 Å². The van der Waals surface area contributed by atoms with Crippen molar-refractivity contribution in [2.45, 2.75) is 0 Å². The number of fused-ring (bicyclic) bond motifs is 1. The molecule has 66 valence electrons. The average Bonchev–Trinajstić information content (AvgIpc) is 2.15. The van der Waals surface area contributed by atoms with E-state index in [2.05, 4.69) is 0 Å². The number of halogens is 1. The second kappa shape index (κ2) is 2.62. The van der Waals surface area contributed by atoms with Crippen LogP contribution in [0.1, 0.15) is 0 Å². The van der Waals surface area contributed by atoms with Gasteiger partial charge < -0.3 is 11.5 Å². The van der Waals surface area contributed by atoms with E-state index in [9.17, 15) is 4.39 Å². The van der Waals surface area contributed by atoms with Gasteiger partial charge in [-0.15, -0.1) is 0 Å². The van der Waals surface area contributed by atoms with Crippen molar-refractivity contribution in [3.63, 3.8) is 0 Å². The van der Waals surface area contributed by atoms with Crippen molar-refractivity contribution in [2.24, 2.45) is 0 Å². The molecule has 2 rings (SSSR count). The smallest absolute Gasteiger partial charge is 0.148 e. The Morgan fingerprint density at radius 2 is 1.69 bits per heavy atom. The molecular weight excluding hydrogens is 167 g/mol. The van der Waals surface area contributed by atoms with Crippen LogP contribution in [0.5, 0.6) is 0 Å². The molecule has 0 fully saturated rings. The van der Waals surface area contributed by atoms with Gasteiger partial charge in [-0.2, -0.15) is 0 Å². The Bertz CT molecular complexity index is 466. The summed E-state index contributed by atoms with van der Waals surface area (Å²) in [4.78, 5) is 0. The highest BCUT2D eigenvalue weighted by Crippen LogP contribution is 2.28. The molecule has 13 heavy (non-hydrogen) atoms. The van der Waals surface area contributed by atoms with E-state index in [-0.39, 0.29) is 5.69 Å². The number of anilines is 2. The summed E-state index contributed by atoms with van der Waals surface area (Å²) in [5.41, 5.74) is 11.4. The normalized spacial score (nSPS) is 10.5. The maximum Gasteiger partial charge on any atom is 0.148 e. The molecule has 0 aromatic heterocycles. The van der Waals surface area contributed by atoms with Gasteiger partial charge in [0.1, 0.15) is 5.82 Å². The molecule has 4 N–H and O–H groups in total. The lowest BCUT2D eigenvalue weighted by Crippen LogP contribution is -1.98. The first kappa shape index (κ1) is 7.86. The van der Waals surface area contributed by atoms with Gasteiger partial charge >= 0.3 is 0 Å². The van der Waals surface area contributed by atoms with E-state index in [0.29, 0.717) is 5.69 Å². The molecule has 0 aliphatic carbocycles. The van der Waals surface area contributed by atoms with Crippen LogP contribution < -0.4 is 11.5 Å². The van der Waals surface area contributed by atoms with Crippen molar-refractivity contribution in [1.29, 1.82) is 0 Å². The largest absolute Gasteiger partial charge is 0.396 e. The van der Waals surface area contributed by atoms with E-state index in [1.165, 1.54) is 6.07 Å².